The van der Waals surface area contributed by atoms with E-state index in [4.69, 9.17) is 5.73 Å². The number of benzene rings is 1. The number of Topliss-reactive ketones (excluding diaryl/α,β-unsaturated/α-hetero) is 5. The third kappa shape index (κ3) is 4.47. The van der Waals surface area contributed by atoms with Gasteiger partial charge in [-0.1, -0.05) is 33.3 Å². The smallest absolute Gasteiger partial charge is 0.235 e. The van der Waals surface area contributed by atoms with E-state index < -0.39 is 88.2 Å². The normalized spacial score (nSPS) is 33.1. The van der Waals surface area contributed by atoms with Crippen molar-refractivity contribution in [1.82, 2.24) is 4.90 Å². The van der Waals surface area contributed by atoms with Crippen LogP contribution in [0.4, 0.5) is 5.69 Å². The van der Waals surface area contributed by atoms with E-state index in [0.29, 0.717) is 31.2 Å². The molecule has 3 aliphatic rings. The van der Waals surface area contributed by atoms with Gasteiger partial charge in [-0.05, 0) is 44.5 Å². The summed E-state index contributed by atoms with van der Waals surface area (Å²) in [5.41, 5.74) is 2.51. The average molecular weight is 586 g/mol. The molecule has 4 rings (SSSR count). The summed E-state index contributed by atoms with van der Waals surface area (Å²) in [4.78, 5) is 81.0. The molecule has 0 aromatic heterocycles. The van der Waals surface area contributed by atoms with Gasteiger partial charge in [0.05, 0.1) is 41.3 Å². The molecule has 0 saturated heterocycles. The number of phenolic OH excluding ortho intramolecular Hbond substituents is 1. The van der Waals surface area contributed by atoms with Crippen LogP contribution >= 0.6 is 0 Å². The van der Waals surface area contributed by atoms with Crippen LogP contribution in [0.2, 0.25) is 0 Å². The number of carbonyl (C=O) groups excluding carboxylic acids is 6. The van der Waals surface area contributed by atoms with E-state index in [1.165, 1.54) is 25.1 Å². The third-order valence-corrected chi connectivity index (χ3v) is 9.28. The first-order valence-electron chi connectivity index (χ1n) is 14.3. The number of amides is 1. The number of ketones is 5. The highest BCUT2D eigenvalue weighted by Gasteiger charge is 2.72. The number of primary amides is 1. The van der Waals surface area contributed by atoms with E-state index in [9.17, 15) is 44.1 Å². The number of carbonyl (C=O) groups is 6. The zero-order chi connectivity index (χ0) is 31.4. The van der Waals surface area contributed by atoms with E-state index in [0.717, 1.165) is 0 Å². The summed E-state index contributed by atoms with van der Waals surface area (Å²) >= 11 is 0. The lowest BCUT2D eigenvalue weighted by Crippen LogP contribution is -2.77. The molecule has 0 radical (unpaired) electrons. The van der Waals surface area contributed by atoms with Crippen LogP contribution < -0.4 is 11.1 Å². The zero-order valence-corrected chi connectivity index (χ0v) is 24.4. The number of likely N-dealkylation sites (N-methyl/N-ethyl adjacent to an activating group) is 1. The van der Waals surface area contributed by atoms with Crippen LogP contribution in [0.15, 0.2) is 12.1 Å². The number of nitrogens with zero attached hydrogens (tertiary/aromatic N) is 1. The first kappa shape index (κ1) is 31.5. The summed E-state index contributed by atoms with van der Waals surface area (Å²) in [6, 6.07) is 1.06. The highest BCUT2D eigenvalue weighted by Crippen LogP contribution is 2.55. The van der Waals surface area contributed by atoms with Crippen LogP contribution in [0, 0.1) is 23.7 Å². The number of hydrogen-bond donors (Lipinski definition) is 5. The van der Waals surface area contributed by atoms with Crippen molar-refractivity contribution in [2.75, 3.05) is 19.4 Å². The van der Waals surface area contributed by atoms with Gasteiger partial charge in [-0.3, -0.25) is 33.7 Å². The Bertz CT molecular complexity index is 1360. The van der Waals surface area contributed by atoms with Gasteiger partial charge in [0, 0.05) is 12.3 Å². The van der Waals surface area contributed by atoms with Gasteiger partial charge in [0.15, 0.2) is 40.4 Å². The molecule has 0 spiro atoms. The summed E-state index contributed by atoms with van der Waals surface area (Å²) in [6.45, 7) is 5.43. The van der Waals surface area contributed by atoms with Crippen molar-refractivity contribution in [3.63, 3.8) is 0 Å². The quantitative estimate of drug-likeness (QED) is 0.197. The highest BCUT2D eigenvalue weighted by molar-refractivity contribution is 6.32. The van der Waals surface area contributed by atoms with Gasteiger partial charge in [0.1, 0.15) is 5.75 Å². The number of rotatable bonds is 9. The van der Waals surface area contributed by atoms with Gasteiger partial charge >= 0.3 is 0 Å². The van der Waals surface area contributed by atoms with Crippen molar-refractivity contribution in [3.05, 3.63) is 23.3 Å². The number of aromatic hydroxyl groups is 1. The Hall–Kier alpha value is -3.48. The number of aliphatic hydroxyl groups excluding tert-OH is 1. The minimum atomic E-state index is -3.06. The Morgan fingerprint density at radius 1 is 1.10 bits per heavy atom. The first-order valence-corrected chi connectivity index (χ1v) is 14.3. The molecule has 0 heterocycles. The molecule has 2 fully saturated rings. The van der Waals surface area contributed by atoms with Crippen molar-refractivity contribution < 1.29 is 44.1 Å². The van der Waals surface area contributed by atoms with Gasteiger partial charge in [-0.2, -0.15) is 0 Å². The molecule has 9 atom stereocenters. The van der Waals surface area contributed by atoms with Crippen LogP contribution in [-0.4, -0.2) is 92.9 Å². The van der Waals surface area contributed by atoms with E-state index in [-0.39, 0.29) is 17.0 Å². The fourth-order valence-electron chi connectivity index (χ4n) is 7.32. The molecule has 1 aromatic rings. The number of anilines is 1. The number of nitrogens with one attached hydrogen (secondary N) is 1. The zero-order valence-electron chi connectivity index (χ0n) is 24.4. The minimum absolute atomic E-state index is 0.0557. The molecular weight excluding hydrogens is 546 g/mol. The standard InChI is InChI=1S/C30H39N3O9/c1-6-8-14(16(34)9-7-2)32-15-11-10-13-12(3)17-19(24(36)18(13)23(15)35)27(39)30(42)21(25(17)37)22(33(4)5)26(38)20(28(30)40)29(31)41/h10-12,14,17,19-22,25,32,35,37,42H,6-9H2,1-5H3,(H2,31,41)/t12-,14?,17+,19?,20?,21+,22-,25-,30-/m0/s1. The molecule has 3 aliphatic carbocycles. The Morgan fingerprint density at radius 3 is 2.29 bits per heavy atom. The molecule has 3 unspecified atom stereocenters. The molecule has 42 heavy (non-hydrogen) atoms. The number of aliphatic hydroxyl groups is 2. The summed E-state index contributed by atoms with van der Waals surface area (Å²) in [6.07, 6.45) is 0.436. The molecule has 1 amide bonds. The maximum Gasteiger partial charge on any atom is 0.235 e. The highest BCUT2D eigenvalue weighted by atomic mass is 16.3. The molecule has 0 aliphatic heterocycles. The van der Waals surface area contributed by atoms with Gasteiger partial charge < -0.3 is 26.4 Å². The maximum atomic E-state index is 14.1. The van der Waals surface area contributed by atoms with Crippen LogP contribution in [-0.2, 0) is 24.0 Å². The van der Waals surface area contributed by atoms with Gasteiger partial charge in [-0.25, -0.2) is 0 Å². The van der Waals surface area contributed by atoms with Crippen molar-refractivity contribution >= 4 is 40.5 Å². The monoisotopic (exact) mass is 585 g/mol. The van der Waals surface area contributed by atoms with E-state index in [1.54, 1.807) is 13.0 Å². The molecule has 1 aromatic carbocycles. The van der Waals surface area contributed by atoms with Gasteiger partial charge in [-0.15, -0.1) is 0 Å². The minimum Gasteiger partial charge on any atom is -0.505 e. The summed E-state index contributed by atoms with van der Waals surface area (Å²) in [7, 11) is 2.88. The predicted molar refractivity (Wildman–Crippen MR) is 150 cm³/mol. The molecule has 12 heteroatoms. The van der Waals surface area contributed by atoms with Gasteiger partial charge in [0.2, 0.25) is 5.91 Å². The Labute approximate surface area is 243 Å². The van der Waals surface area contributed by atoms with Crippen molar-refractivity contribution in [2.45, 2.75) is 76.2 Å². The number of phenols is 1. The van der Waals surface area contributed by atoms with E-state index >= 15 is 0 Å². The number of fused-ring (bicyclic) bond motifs is 3. The lowest BCUT2D eigenvalue weighted by Gasteiger charge is -2.56. The fraction of sp³-hybridized carbons (Fsp3) is 0.600. The van der Waals surface area contributed by atoms with Crippen LogP contribution in [0.3, 0.4) is 0 Å². The van der Waals surface area contributed by atoms with Crippen LogP contribution in [0.25, 0.3) is 0 Å². The predicted octanol–water partition coefficient (Wildman–Crippen LogP) is 0.349. The topological polar surface area (TPSA) is 204 Å². The van der Waals surface area contributed by atoms with Gasteiger partial charge in [0.25, 0.3) is 0 Å². The molecule has 12 nitrogen and oxygen atoms in total. The summed E-state index contributed by atoms with van der Waals surface area (Å²) in [5, 5.41) is 37.7. The second kappa shape index (κ2) is 11.3. The number of hydrogen-bond acceptors (Lipinski definition) is 11. The van der Waals surface area contributed by atoms with E-state index in [1.807, 2.05) is 13.8 Å². The molecule has 0 bridgehead atoms. The molecule has 228 valence electrons. The average Bonchev–Trinajstić information content (AvgIpc) is 2.91. The van der Waals surface area contributed by atoms with Crippen molar-refractivity contribution in [2.24, 2.45) is 29.4 Å². The van der Waals surface area contributed by atoms with E-state index in [2.05, 4.69) is 5.32 Å². The van der Waals surface area contributed by atoms with Crippen LogP contribution in [0.1, 0.15) is 68.3 Å². The van der Waals surface area contributed by atoms with Crippen molar-refractivity contribution in [1.29, 1.82) is 0 Å². The second-order valence-corrected chi connectivity index (χ2v) is 12.0. The largest absolute Gasteiger partial charge is 0.505 e. The molecular formula is C30H39N3O9. The lowest BCUT2D eigenvalue weighted by atomic mass is 9.49. The Balaban J connectivity index is 1.84. The third-order valence-electron chi connectivity index (χ3n) is 9.28. The second-order valence-electron chi connectivity index (χ2n) is 12.0. The lowest BCUT2D eigenvalue weighted by molar-refractivity contribution is -0.196. The Kier molecular flexibility index (Phi) is 8.47. The fourth-order valence-corrected chi connectivity index (χ4v) is 7.32. The maximum absolute atomic E-state index is 14.1. The summed E-state index contributed by atoms with van der Waals surface area (Å²) in [5.74, 6) is -13.9. The Morgan fingerprint density at radius 2 is 1.74 bits per heavy atom. The molecule has 6 N–H and O–H groups in total. The number of nitrogens with two attached hydrogens (primary N) is 1. The first-order chi connectivity index (χ1) is 19.7. The summed E-state index contributed by atoms with van der Waals surface area (Å²) < 4.78 is 0. The van der Waals surface area contributed by atoms with Crippen molar-refractivity contribution in [3.8, 4) is 5.75 Å². The SMILES string of the molecule is CCCC(=O)C(CCC)Nc1ccc2c(c1O)C(=O)C1C(=O)[C@]3(O)C(=O)C(C(N)=O)C(=O)[C@@H](N(C)C)[C@@H]3[C@@H](O)[C@@H]1[C@H]2C. The molecule has 2 saturated carbocycles. The van der Waals surface area contributed by atoms with Crippen LogP contribution in [0.5, 0.6) is 5.75 Å².